The van der Waals surface area contributed by atoms with Gasteiger partial charge in [0.05, 0.1) is 6.54 Å². The summed E-state index contributed by atoms with van der Waals surface area (Å²) in [5.74, 6) is -0.494. The molecule has 0 spiro atoms. The number of rotatable bonds is 6. The van der Waals surface area contributed by atoms with Gasteiger partial charge in [-0.25, -0.2) is 4.39 Å². The number of amides is 1. The molecule has 23 heavy (non-hydrogen) atoms. The van der Waals surface area contributed by atoms with Crippen LogP contribution in [0.3, 0.4) is 0 Å². The summed E-state index contributed by atoms with van der Waals surface area (Å²) in [5.41, 5.74) is 1.77. The maximum atomic E-state index is 13.6. The van der Waals surface area contributed by atoms with Crippen LogP contribution in [-0.2, 0) is 11.3 Å². The number of hydrogen-bond donors (Lipinski definition) is 1. The standard InChI is InChI=1S/C18H19FN2O2/c1-13(22)14-7-9-16(10-8-14)20-18(23)12-21(2)11-15-5-3-4-6-17(15)19/h3-10H,11-12H2,1-2H3,(H,20,23). The van der Waals surface area contributed by atoms with E-state index in [1.54, 1.807) is 54.4 Å². The van der Waals surface area contributed by atoms with Crippen LogP contribution in [0.25, 0.3) is 0 Å². The molecule has 0 fully saturated rings. The minimum atomic E-state index is -0.278. The normalized spacial score (nSPS) is 10.6. The van der Waals surface area contributed by atoms with Gasteiger partial charge in [-0.1, -0.05) is 18.2 Å². The zero-order chi connectivity index (χ0) is 16.8. The lowest BCUT2D eigenvalue weighted by Gasteiger charge is -2.16. The van der Waals surface area contributed by atoms with Crippen molar-refractivity contribution in [2.75, 3.05) is 18.9 Å². The van der Waals surface area contributed by atoms with Gasteiger partial charge in [0, 0.05) is 23.4 Å². The van der Waals surface area contributed by atoms with Crippen LogP contribution in [0, 0.1) is 5.82 Å². The molecule has 1 amide bonds. The van der Waals surface area contributed by atoms with Crippen LogP contribution in [0.1, 0.15) is 22.8 Å². The van der Waals surface area contributed by atoms with Crippen LogP contribution in [0.5, 0.6) is 0 Å². The molecular formula is C18H19FN2O2. The van der Waals surface area contributed by atoms with Crippen molar-refractivity contribution in [1.82, 2.24) is 4.90 Å². The van der Waals surface area contributed by atoms with Crippen LogP contribution in [0.2, 0.25) is 0 Å². The second-order valence-electron chi connectivity index (χ2n) is 5.45. The summed E-state index contributed by atoms with van der Waals surface area (Å²) in [4.78, 5) is 24.9. The van der Waals surface area contributed by atoms with Gasteiger partial charge >= 0.3 is 0 Å². The van der Waals surface area contributed by atoms with Crippen molar-refractivity contribution in [3.8, 4) is 0 Å². The van der Waals surface area contributed by atoms with Crippen LogP contribution in [0.4, 0.5) is 10.1 Å². The Morgan fingerprint density at radius 3 is 2.35 bits per heavy atom. The van der Waals surface area contributed by atoms with Crippen LogP contribution < -0.4 is 5.32 Å². The molecule has 2 aromatic carbocycles. The lowest BCUT2D eigenvalue weighted by molar-refractivity contribution is -0.117. The molecule has 0 unspecified atom stereocenters. The predicted octanol–water partition coefficient (Wildman–Crippen LogP) is 3.10. The van der Waals surface area contributed by atoms with Crippen molar-refractivity contribution in [3.63, 3.8) is 0 Å². The van der Waals surface area contributed by atoms with E-state index in [0.717, 1.165) is 0 Å². The molecule has 2 aromatic rings. The van der Waals surface area contributed by atoms with E-state index in [9.17, 15) is 14.0 Å². The van der Waals surface area contributed by atoms with Gasteiger partial charge in [0.25, 0.3) is 0 Å². The van der Waals surface area contributed by atoms with E-state index in [2.05, 4.69) is 5.32 Å². The first-order valence-electron chi connectivity index (χ1n) is 7.28. The van der Waals surface area contributed by atoms with Crippen molar-refractivity contribution < 1.29 is 14.0 Å². The average Bonchev–Trinajstić information content (AvgIpc) is 2.50. The van der Waals surface area contributed by atoms with Gasteiger partial charge in [-0.3, -0.25) is 14.5 Å². The van der Waals surface area contributed by atoms with Gasteiger partial charge in [0.2, 0.25) is 5.91 Å². The predicted molar refractivity (Wildman–Crippen MR) is 87.8 cm³/mol. The van der Waals surface area contributed by atoms with E-state index in [1.165, 1.54) is 13.0 Å². The van der Waals surface area contributed by atoms with Crippen molar-refractivity contribution in [3.05, 3.63) is 65.5 Å². The number of halogens is 1. The highest BCUT2D eigenvalue weighted by molar-refractivity contribution is 5.96. The maximum Gasteiger partial charge on any atom is 0.238 e. The van der Waals surface area contributed by atoms with Crippen molar-refractivity contribution in [2.24, 2.45) is 0 Å². The fourth-order valence-electron chi connectivity index (χ4n) is 2.21. The van der Waals surface area contributed by atoms with E-state index in [0.29, 0.717) is 23.4 Å². The molecule has 0 aromatic heterocycles. The number of carbonyl (C=O) groups is 2. The van der Waals surface area contributed by atoms with Gasteiger partial charge in [0.15, 0.2) is 5.78 Å². The molecule has 0 saturated heterocycles. The highest BCUT2D eigenvalue weighted by Crippen LogP contribution is 2.11. The smallest absolute Gasteiger partial charge is 0.238 e. The van der Waals surface area contributed by atoms with Gasteiger partial charge in [-0.05, 0) is 44.3 Å². The minimum absolute atomic E-state index is 0.0208. The van der Waals surface area contributed by atoms with E-state index in [4.69, 9.17) is 0 Å². The Morgan fingerprint density at radius 2 is 1.74 bits per heavy atom. The number of ketones is 1. The summed E-state index contributed by atoms with van der Waals surface area (Å²) in [6.45, 7) is 1.98. The first kappa shape index (κ1) is 16.8. The Bertz CT molecular complexity index is 698. The van der Waals surface area contributed by atoms with Crippen molar-refractivity contribution in [1.29, 1.82) is 0 Å². The maximum absolute atomic E-state index is 13.6. The molecule has 5 heteroatoms. The van der Waals surface area contributed by atoms with Gasteiger partial charge in [0.1, 0.15) is 5.82 Å². The summed E-state index contributed by atoms with van der Waals surface area (Å²) >= 11 is 0. The van der Waals surface area contributed by atoms with E-state index >= 15 is 0 Å². The van der Waals surface area contributed by atoms with E-state index in [1.807, 2.05) is 0 Å². The van der Waals surface area contributed by atoms with Crippen LogP contribution in [0.15, 0.2) is 48.5 Å². The number of likely N-dealkylation sites (N-methyl/N-ethyl adjacent to an activating group) is 1. The minimum Gasteiger partial charge on any atom is -0.325 e. The SMILES string of the molecule is CC(=O)c1ccc(NC(=O)CN(C)Cc2ccccc2F)cc1. The first-order valence-corrected chi connectivity index (χ1v) is 7.28. The Morgan fingerprint density at radius 1 is 1.09 bits per heavy atom. The highest BCUT2D eigenvalue weighted by Gasteiger charge is 2.10. The Balaban J connectivity index is 1.89. The number of nitrogens with one attached hydrogen (secondary N) is 1. The number of anilines is 1. The Labute approximate surface area is 134 Å². The lowest BCUT2D eigenvalue weighted by Crippen LogP contribution is -2.30. The zero-order valence-corrected chi connectivity index (χ0v) is 13.2. The topological polar surface area (TPSA) is 49.4 Å². The Kier molecular flexibility index (Phi) is 5.60. The third-order valence-electron chi connectivity index (χ3n) is 3.39. The summed E-state index contributed by atoms with van der Waals surface area (Å²) in [5, 5.41) is 2.75. The summed E-state index contributed by atoms with van der Waals surface area (Å²) in [6.07, 6.45) is 0. The first-order chi connectivity index (χ1) is 11.0. The molecule has 2 rings (SSSR count). The second kappa shape index (κ2) is 7.65. The van der Waals surface area contributed by atoms with Crippen molar-refractivity contribution >= 4 is 17.4 Å². The quantitative estimate of drug-likeness (QED) is 0.834. The van der Waals surface area contributed by atoms with E-state index in [-0.39, 0.29) is 24.1 Å². The number of Topliss-reactive ketones (excluding diaryl/α,β-unsaturated/α-hetero) is 1. The molecule has 0 heterocycles. The molecule has 1 N–H and O–H groups in total. The molecule has 0 aliphatic heterocycles. The summed E-state index contributed by atoms with van der Waals surface area (Å²) < 4.78 is 13.6. The Hall–Kier alpha value is -2.53. The molecule has 0 atom stereocenters. The number of nitrogens with zero attached hydrogens (tertiary/aromatic N) is 1. The average molecular weight is 314 g/mol. The van der Waals surface area contributed by atoms with Crippen LogP contribution in [-0.4, -0.2) is 30.2 Å². The monoisotopic (exact) mass is 314 g/mol. The molecule has 4 nitrogen and oxygen atoms in total. The highest BCUT2D eigenvalue weighted by atomic mass is 19.1. The summed E-state index contributed by atoms with van der Waals surface area (Å²) in [6, 6.07) is 13.2. The molecule has 0 radical (unpaired) electrons. The number of carbonyl (C=O) groups excluding carboxylic acids is 2. The van der Waals surface area contributed by atoms with E-state index < -0.39 is 0 Å². The van der Waals surface area contributed by atoms with Crippen molar-refractivity contribution in [2.45, 2.75) is 13.5 Å². The fraction of sp³-hybridized carbons (Fsp3) is 0.222. The lowest BCUT2D eigenvalue weighted by atomic mass is 10.1. The fourth-order valence-corrected chi connectivity index (χ4v) is 2.21. The summed E-state index contributed by atoms with van der Waals surface area (Å²) in [7, 11) is 1.75. The third kappa shape index (κ3) is 5.00. The molecule has 0 aliphatic carbocycles. The molecule has 0 saturated carbocycles. The van der Waals surface area contributed by atoms with Gasteiger partial charge in [-0.2, -0.15) is 0 Å². The molecular weight excluding hydrogens is 295 g/mol. The third-order valence-corrected chi connectivity index (χ3v) is 3.39. The molecule has 120 valence electrons. The molecule has 0 bridgehead atoms. The second-order valence-corrected chi connectivity index (χ2v) is 5.45. The van der Waals surface area contributed by atoms with Gasteiger partial charge < -0.3 is 5.32 Å². The largest absolute Gasteiger partial charge is 0.325 e. The number of benzene rings is 2. The number of hydrogen-bond acceptors (Lipinski definition) is 3. The van der Waals surface area contributed by atoms with Crippen LogP contribution >= 0.6 is 0 Å². The van der Waals surface area contributed by atoms with Gasteiger partial charge in [-0.15, -0.1) is 0 Å². The zero-order valence-electron chi connectivity index (χ0n) is 13.2. The molecule has 0 aliphatic rings.